The first-order chi connectivity index (χ1) is 8.05. The number of alkyl halides is 3. The Morgan fingerprint density at radius 3 is 2.44 bits per heavy atom. The fraction of sp³-hybridized carbons (Fsp3) is 0.364. The van der Waals surface area contributed by atoms with Crippen molar-refractivity contribution >= 4 is 21.7 Å². The normalized spacial score (nSPS) is 15.3. The molecule has 0 bridgehead atoms. The summed E-state index contributed by atoms with van der Waals surface area (Å²) in [4.78, 5) is 11.6. The third kappa shape index (κ3) is 3.08. The number of hydrogen-bond donors (Lipinski definition) is 1. The summed E-state index contributed by atoms with van der Waals surface area (Å²) < 4.78 is 50.9. The summed E-state index contributed by atoms with van der Waals surface area (Å²) in [7, 11) is 0. The minimum Gasteiger partial charge on any atom is -0.312 e. The highest BCUT2D eigenvalue weighted by atomic mass is 79.9. The van der Waals surface area contributed by atoms with Gasteiger partial charge in [0.25, 0.3) is 0 Å². The van der Waals surface area contributed by atoms with Gasteiger partial charge in [-0.2, -0.15) is 13.2 Å². The predicted molar refractivity (Wildman–Crippen MR) is 61.5 cm³/mol. The van der Waals surface area contributed by atoms with Crippen molar-refractivity contribution in [3.8, 4) is 0 Å². The Morgan fingerprint density at radius 1 is 1.39 bits per heavy atom. The lowest BCUT2D eigenvalue weighted by Gasteiger charge is -2.26. The maximum atomic E-state index is 12.9. The van der Waals surface area contributed by atoms with Crippen LogP contribution >= 0.6 is 15.9 Å². The summed E-state index contributed by atoms with van der Waals surface area (Å²) in [5.74, 6) is -1.85. The summed E-state index contributed by atoms with van der Waals surface area (Å²) in [5, 5.41) is 0. The molecule has 1 unspecified atom stereocenters. The van der Waals surface area contributed by atoms with Crippen molar-refractivity contribution in [1.29, 1.82) is 0 Å². The van der Waals surface area contributed by atoms with Crippen LogP contribution in [0.3, 0.4) is 0 Å². The van der Waals surface area contributed by atoms with Gasteiger partial charge in [0.05, 0.1) is 0 Å². The molecule has 0 spiro atoms. The first-order valence-corrected chi connectivity index (χ1v) is 5.68. The monoisotopic (exact) mass is 327 g/mol. The fourth-order valence-corrected chi connectivity index (χ4v) is 1.58. The van der Waals surface area contributed by atoms with E-state index in [1.165, 1.54) is 6.07 Å². The van der Waals surface area contributed by atoms with Gasteiger partial charge in [-0.25, -0.2) is 4.39 Å². The minimum absolute atomic E-state index is 0.126. The molecule has 7 heteroatoms. The van der Waals surface area contributed by atoms with Crippen molar-refractivity contribution in [2.24, 2.45) is 5.73 Å². The van der Waals surface area contributed by atoms with Gasteiger partial charge in [0, 0.05) is 10.9 Å². The highest BCUT2D eigenvalue weighted by molar-refractivity contribution is 9.10. The van der Waals surface area contributed by atoms with E-state index in [-0.39, 0.29) is 5.56 Å². The molecule has 1 aromatic rings. The quantitative estimate of drug-likeness (QED) is 0.867. The molecule has 0 saturated carbocycles. The average Bonchev–Trinajstić information content (AvgIpc) is 2.21. The smallest absolute Gasteiger partial charge is 0.312 e. The highest BCUT2D eigenvalue weighted by Gasteiger charge is 2.53. The Kier molecular flexibility index (Phi) is 4.17. The summed E-state index contributed by atoms with van der Waals surface area (Å²) in [6, 6.07) is 3.44. The molecule has 0 amide bonds. The second kappa shape index (κ2) is 4.97. The zero-order valence-corrected chi connectivity index (χ0v) is 10.9. The van der Waals surface area contributed by atoms with Gasteiger partial charge in [0.1, 0.15) is 5.82 Å². The maximum absolute atomic E-state index is 12.9. The van der Waals surface area contributed by atoms with Crippen LogP contribution in [0.5, 0.6) is 0 Å². The van der Waals surface area contributed by atoms with Crippen LogP contribution in [-0.2, 0) is 11.2 Å². The van der Waals surface area contributed by atoms with Gasteiger partial charge in [-0.1, -0.05) is 15.9 Å². The van der Waals surface area contributed by atoms with E-state index in [0.717, 1.165) is 12.1 Å². The van der Waals surface area contributed by atoms with Crippen LogP contribution in [0.25, 0.3) is 0 Å². The van der Waals surface area contributed by atoms with Crippen molar-refractivity contribution in [3.05, 3.63) is 34.1 Å². The van der Waals surface area contributed by atoms with Crippen molar-refractivity contribution in [2.75, 3.05) is 0 Å². The van der Waals surface area contributed by atoms with Crippen molar-refractivity contribution in [2.45, 2.75) is 25.1 Å². The molecule has 0 fully saturated rings. The van der Waals surface area contributed by atoms with Crippen LogP contribution in [0.15, 0.2) is 22.7 Å². The molecule has 0 heterocycles. The van der Waals surface area contributed by atoms with Gasteiger partial charge in [-0.15, -0.1) is 0 Å². The van der Waals surface area contributed by atoms with Crippen LogP contribution in [-0.4, -0.2) is 17.5 Å². The van der Waals surface area contributed by atoms with Crippen LogP contribution in [0.2, 0.25) is 0 Å². The molecule has 1 aromatic carbocycles. The first-order valence-electron chi connectivity index (χ1n) is 4.88. The molecule has 0 aromatic heterocycles. The van der Waals surface area contributed by atoms with Gasteiger partial charge in [-0.3, -0.25) is 4.79 Å². The Bertz CT molecular complexity index is 471. The Hall–Kier alpha value is -0.950. The largest absolute Gasteiger partial charge is 0.413 e. The molecule has 0 aliphatic heterocycles. The van der Waals surface area contributed by atoms with E-state index < -0.39 is 29.7 Å². The molecule has 0 aliphatic carbocycles. The Labute approximate surface area is 109 Å². The molecule has 0 radical (unpaired) electrons. The number of carbonyl (C=O) groups is 1. The summed E-state index contributed by atoms with van der Waals surface area (Å²) in [5.41, 5.74) is 2.17. The van der Waals surface area contributed by atoms with Crippen LogP contribution in [0, 0.1) is 5.82 Å². The molecular weight excluding hydrogens is 318 g/mol. The zero-order chi connectivity index (χ0) is 14.1. The van der Waals surface area contributed by atoms with Crippen molar-refractivity contribution < 1.29 is 22.4 Å². The SMILES string of the molecule is CC(N)(C(=O)Cc1cc(F)ccc1Br)C(F)(F)F. The van der Waals surface area contributed by atoms with Crippen LogP contribution < -0.4 is 5.73 Å². The average molecular weight is 328 g/mol. The molecular formula is C11H10BrF4NO. The second-order valence-corrected chi connectivity index (χ2v) is 4.89. The number of halogens is 5. The van der Waals surface area contributed by atoms with Crippen molar-refractivity contribution in [1.82, 2.24) is 0 Å². The highest BCUT2D eigenvalue weighted by Crippen LogP contribution is 2.30. The van der Waals surface area contributed by atoms with Crippen molar-refractivity contribution in [3.63, 3.8) is 0 Å². The third-order valence-corrected chi connectivity index (χ3v) is 3.30. The molecule has 18 heavy (non-hydrogen) atoms. The Morgan fingerprint density at radius 2 is 1.94 bits per heavy atom. The maximum Gasteiger partial charge on any atom is 0.413 e. The van der Waals surface area contributed by atoms with E-state index >= 15 is 0 Å². The van der Waals surface area contributed by atoms with E-state index in [9.17, 15) is 22.4 Å². The molecule has 0 aliphatic rings. The van der Waals surface area contributed by atoms with Gasteiger partial charge >= 0.3 is 6.18 Å². The number of carbonyl (C=O) groups excluding carboxylic acids is 1. The topological polar surface area (TPSA) is 43.1 Å². The number of ketones is 1. The zero-order valence-electron chi connectivity index (χ0n) is 9.31. The lowest BCUT2D eigenvalue weighted by atomic mass is 9.92. The van der Waals surface area contributed by atoms with Gasteiger partial charge in [-0.05, 0) is 30.7 Å². The molecule has 2 N–H and O–H groups in total. The summed E-state index contributed by atoms with van der Waals surface area (Å²) in [6.07, 6.45) is -5.44. The molecule has 0 saturated heterocycles. The van der Waals surface area contributed by atoms with E-state index in [1.807, 2.05) is 0 Å². The van der Waals surface area contributed by atoms with Crippen LogP contribution in [0.1, 0.15) is 12.5 Å². The molecule has 100 valence electrons. The summed E-state index contributed by atoms with van der Waals surface area (Å²) >= 11 is 3.04. The number of Topliss-reactive ketones (excluding diaryl/α,β-unsaturated/α-hetero) is 1. The second-order valence-electron chi connectivity index (χ2n) is 4.04. The van der Waals surface area contributed by atoms with E-state index in [2.05, 4.69) is 15.9 Å². The lowest BCUT2D eigenvalue weighted by molar-refractivity contribution is -0.185. The van der Waals surface area contributed by atoms with Gasteiger partial charge in [0.15, 0.2) is 11.3 Å². The third-order valence-electron chi connectivity index (χ3n) is 2.53. The number of nitrogens with two attached hydrogens (primary N) is 1. The predicted octanol–water partition coefficient (Wildman–Crippen LogP) is 2.98. The Balaban J connectivity index is 2.98. The lowest BCUT2D eigenvalue weighted by Crippen LogP contribution is -2.57. The first kappa shape index (κ1) is 15.1. The van der Waals surface area contributed by atoms with Crippen LogP contribution in [0.4, 0.5) is 17.6 Å². The number of benzene rings is 1. The van der Waals surface area contributed by atoms with E-state index in [0.29, 0.717) is 11.4 Å². The van der Waals surface area contributed by atoms with E-state index in [4.69, 9.17) is 5.73 Å². The molecule has 2 nitrogen and oxygen atoms in total. The van der Waals surface area contributed by atoms with E-state index in [1.54, 1.807) is 0 Å². The minimum atomic E-state index is -4.84. The summed E-state index contributed by atoms with van der Waals surface area (Å²) in [6.45, 7) is 0.600. The van der Waals surface area contributed by atoms with Gasteiger partial charge in [0.2, 0.25) is 0 Å². The fourth-order valence-electron chi connectivity index (χ4n) is 1.19. The molecule has 1 atom stereocenters. The molecule has 1 rings (SSSR count). The number of rotatable bonds is 3. The standard InChI is InChI=1S/C11H10BrF4NO/c1-10(17,11(14,15)16)9(18)5-6-4-7(13)2-3-8(6)12/h2-4H,5,17H2,1H3. The van der Waals surface area contributed by atoms with Gasteiger partial charge < -0.3 is 5.73 Å². The number of hydrogen-bond acceptors (Lipinski definition) is 2.